The minimum absolute atomic E-state index is 0.151. The number of aromatic nitrogens is 5. The molecule has 0 bridgehead atoms. The topological polar surface area (TPSA) is 51.4 Å². The van der Waals surface area contributed by atoms with E-state index in [0.29, 0.717) is 4.77 Å². The first kappa shape index (κ1) is 18.1. The lowest BCUT2D eigenvalue weighted by molar-refractivity contribution is 0.506. The molecule has 0 saturated carbocycles. The summed E-state index contributed by atoms with van der Waals surface area (Å²) in [6, 6.07) is 6.37. The van der Waals surface area contributed by atoms with Crippen molar-refractivity contribution in [1.82, 2.24) is 24.5 Å². The number of aromatic amines is 1. The minimum atomic E-state index is 0.151. The van der Waals surface area contributed by atoms with Gasteiger partial charge < -0.3 is 0 Å². The van der Waals surface area contributed by atoms with Gasteiger partial charge in [-0.25, -0.2) is 0 Å². The molecular formula is C18H22BrN5S. The molecule has 25 heavy (non-hydrogen) atoms. The predicted octanol–water partition coefficient (Wildman–Crippen LogP) is 4.93. The van der Waals surface area contributed by atoms with Gasteiger partial charge in [-0.05, 0) is 67.5 Å². The van der Waals surface area contributed by atoms with E-state index in [1.807, 2.05) is 16.2 Å². The van der Waals surface area contributed by atoms with E-state index < -0.39 is 0 Å². The molecular weight excluding hydrogens is 398 g/mol. The zero-order valence-corrected chi connectivity index (χ0v) is 17.5. The molecule has 0 fully saturated rings. The Bertz CT molecular complexity index is 982. The van der Waals surface area contributed by atoms with Crippen LogP contribution in [-0.4, -0.2) is 24.5 Å². The van der Waals surface area contributed by atoms with Crippen LogP contribution >= 0.6 is 28.1 Å². The summed E-state index contributed by atoms with van der Waals surface area (Å²) in [5.41, 5.74) is 5.61. The van der Waals surface area contributed by atoms with Crippen LogP contribution in [0.3, 0.4) is 0 Å². The van der Waals surface area contributed by atoms with Crippen molar-refractivity contribution < 1.29 is 0 Å². The van der Waals surface area contributed by atoms with Crippen molar-refractivity contribution in [3.8, 4) is 5.69 Å². The SMILES string of the molecule is Cc1ccc(-n2c(C(C)Cn3nc(C)c(Br)c3C)n[nH]c2=S)c(C)c1. The van der Waals surface area contributed by atoms with Gasteiger partial charge in [0.25, 0.3) is 0 Å². The highest BCUT2D eigenvalue weighted by Crippen LogP contribution is 2.25. The summed E-state index contributed by atoms with van der Waals surface area (Å²) in [5, 5.41) is 12.1. The number of nitrogens with one attached hydrogen (secondary N) is 1. The van der Waals surface area contributed by atoms with Crippen LogP contribution in [0.15, 0.2) is 22.7 Å². The monoisotopic (exact) mass is 419 g/mol. The van der Waals surface area contributed by atoms with E-state index in [2.05, 4.69) is 77.1 Å². The Kier molecular flexibility index (Phi) is 4.97. The van der Waals surface area contributed by atoms with E-state index in [1.54, 1.807) is 0 Å². The fourth-order valence-electron chi connectivity index (χ4n) is 3.12. The first-order valence-corrected chi connectivity index (χ1v) is 9.44. The Hall–Kier alpha value is -1.73. The summed E-state index contributed by atoms with van der Waals surface area (Å²) < 4.78 is 5.74. The molecule has 0 amide bonds. The molecule has 1 N–H and O–H groups in total. The molecule has 0 saturated heterocycles. The molecule has 0 aliphatic carbocycles. The van der Waals surface area contributed by atoms with E-state index in [0.717, 1.165) is 33.9 Å². The number of H-pyrrole nitrogens is 1. The van der Waals surface area contributed by atoms with Gasteiger partial charge in [-0.1, -0.05) is 24.6 Å². The molecule has 1 atom stereocenters. The van der Waals surface area contributed by atoms with Crippen LogP contribution in [0, 0.1) is 32.5 Å². The molecule has 0 spiro atoms. The third-order valence-electron chi connectivity index (χ3n) is 4.47. The number of hydrogen-bond donors (Lipinski definition) is 1. The lowest BCUT2D eigenvalue weighted by atomic mass is 10.1. The zero-order chi connectivity index (χ0) is 18.3. The molecule has 0 aliphatic rings. The second-order valence-electron chi connectivity index (χ2n) is 6.58. The molecule has 3 aromatic rings. The number of rotatable bonds is 4. The minimum Gasteiger partial charge on any atom is -0.272 e. The molecule has 3 rings (SSSR count). The highest BCUT2D eigenvalue weighted by Gasteiger charge is 2.19. The number of hydrogen-bond acceptors (Lipinski definition) is 3. The largest absolute Gasteiger partial charge is 0.272 e. The smallest absolute Gasteiger partial charge is 0.199 e. The molecule has 1 unspecified atom stereocenters. The molecule has 132 valence electrons. The number of nitrogens with zero attached hydrogens (tertiary/aromatic N) is 4. The number of aryl methyl sites for hydroxylation is 3. The highest BCUT2D eigenvalue weighted by molar-refractivity contribution is 9.10. The van der Waals surface area contributed by atoms with Crippen LogP contribution in [-0.2, 0) is 6.54 Å². The maximum Gasteiger partial charge on any atom is 0.199 e. The van der Waals surface area contributed by atoms with E-state index in [-0.39, 0.29) is 5.92 Å². The van der Waals surface area contributed by atoms with Crippen LogP contribution < -0.4 is 0 Å². The zero-order valence-electron chi connectivity index (χ0n) is 15.1. The van der Waals surface area contributed by atoms with Gasteiger partial charge in [0, 0.05) is 11.6 Å². The summed E-state index contributed by atoms with van der Waals surface area (Å²) in [7, 11) is 0. The Labute approximate surface area is 161 Å². The Morgan fingerprint density at radius 2 is 1.96 bits per heavy atom. The van der Waals surface area contributed by atoms with Crippen molar-refractivity contribution in [2.24, 2.45) is 0 Å². The average Bonchev–Trinajstić information content (AvgIpc) is 3.04. The molecule has 2 aromatic heterocycles. The third-order valence-corrected chi connectivity index (χ3v) is 5.89. The Morgan fingerprint density at radius 3 is 2.56 bits per heavy atom. The molecule has 7 heteroatoms. The normalized spacial score (nSPS) is 12.6. The number of halogens is 1. The first-order chi connectivity index (χ1) is 11.8. The highest BCUT2D eigenvalue weighted by atomic mass is 79.9. The van der Waals surface area contributed by atoms with Crippen LogP contribution in [0.2, 0.25) is 0 Å². The standard InChI is InChI=1S/C18H22BrN5S/c1-10-6-7-15(11(2)8-10)24-17(20-21-18(24)25)12(3)9-23-14(5)16(19)13(4)22-23/h6-8,12H,9H2,1-5H3,(H,21,25). The van der Waals surface area contributed by atoms with Gasteiger partial charge in [-0.2, -0.15) is 10.2 Å². The van der Waals surface area contributed by atoms with Gasteiger partial charge in [0.2, 0.25) is 0 Å². The van der Waals surface area contributed by atoms with Gasteiger partial charge >= 0.3 is 0 Å². The quantitative estimate of drug-likeness (QED) is 0.610. The van der Waals surface area contributed by atoms with Crippen LogP contribution in [0.25, 0.3) is 5.69 Å². The van der Waals surface area contributed by atoms with Gasteiger partial charge in [0.15, 0.2) is 4.77 Å². The fraction of sp³-hybridized carbons (Fsp3) is 0.389. The molecule has 5 nitrogen and oxygen atoms in total. The molecule has 1 aromatic carbocycles. The maximum absolute atomic E-state index is 5.50. The van der Waals surface area contributed by atoms with Crippen molar-refractivity contribution in [2.75, 3.05) is 0 Å². The van der Waals surface area contributed by atoms with Crippen molar-refractivity contribution in [3.63, 3.8) is 0 Å². The van der Waals surface area contributed by atoms with Crippen molar-refractivity contribution in [3.05, 3.63) is 55.8 Å². The van der Waals surface area contributed by atoms with Crippen LogP contribution in [0.1, 0.15) is 41.2 Å². The molecule has 2 heterocycles. The molecule has 0 aliphatic heterocycles. The lowest BCUT2D eigenvalue weighted by Gasteiger charge is -2.16. The lowest BCUT2D eigenvalue weighted by Crippen LogP contribution is -2.14. The summed E-state index contributed by atoms with van der Waals surface area (Å²) in [5.74, 6) is 1.07. The van der Waals surface area contributed by atoms with Gasteiger partial charge in [-0.3, -0.25) is 14.3 Å². The summed E-state index contributed by atoms with van der Waals surface area (Å²) in [6.45, 7) is 11.2. The second kappa shape index (κ2) is 6.88. The van der Waals surface area contributed by atoms with E-state index in [9.17, 15) is 0 Å². The van der Waals surface area contributed by atoms with Gasteiger partial charge in [-0.15, -0.1) is 0 Å². The summed E-state index contributed by atoms with van der Waals surface area (Å²) >= 11 is 9.09. The Balaban J connectivity index is 2.01. The van der Waals surface area contributed by atoms with Gasteiger partial charge in [0.1, 0.15) is 5.82 Å². The van der Waals surface area contributed by atoms with Crippen molar-refractivity contribution in [1.29, 1.82) is 0 Å². The Morgan fingerprint density at radius 1 is 1.24 bits per heavy atom. The van der Waals surface area contributed by atoms with E-state index in [4.69, 9.17) is 12.2 Å². The molecule has 0 radical (unpaired) electrons. The first-order valence-electron chi connectivity index (χ1n) is 8.24. The second-order valence-corrected chi connectivity index (χ2v) is 7.76. The average molecular weight is 420 g/mol. The maximum atomic E-state index is 5.50. The van der Waals surface area contributed by atoms with E-state index in [1.165, 1.54) is 11.1 Å². The summed E-state index contributed by atoms with van der Waals surface area (Å²) in [6.07, 6.45) is 0. The van der Waals surface area contributed by atoms with Gasteiger partial charge in [0.05, 0.1) is 22.4 Å². The van der Waals surface area contributed by atoms with Crippen molar-refractivity contribution >= 4 is 28.1 Å². The van der Waals surface area contributed by atoms with Crippen LogP contribution in [0.4, 0.5) is 0 Å². The fourth-order valence-corrected chi connectivity index (χ4v) is 3.64. The van der Waals surface area contributed by atoms with Crippen LogP contribution in [0.5, 0.6) is 0 Å². The number of benzene rings is 1. The van der Waals surface area contributed by atoms with Crippen molar-refractivity contribution in [2.45, 2.75) is 47.1 Å². The summed E-state index contributed by atoms with van der Waals surface area (Å²) in [4.78, 5) is 0. The predicted molar refractivity (Wildman–Crippen MR) is 106 cm³/mol. The third kappa shape index (κ3) is 3.35. The van der Waals surface area contributed by atoms with E-state index >= 15 is 0 Å².